The van der Waals surface area contributed by atoms with Gasteiger partial charge in [-0.25, -0.2) is 13.8 Å². The number of nitrogen functional groups attached to an aromatic ring is 1. The zero-order chi connectivity index (χ0) is 15.0. The maximum atomic E-state index is 13.7. The van der Waals surface area contributed by atoms with Gasteiger partial charge in [0.15, 0.2) is 0 Å². The Morgan fingerprint density at radius 1 is 1.14 bits per heavy atom. The number of rotatable bonds is 3. The predicted molar refractivity (Wildman–Crippen MR) is 79.8 cm³/mol. The molecule has 0 atom stereocenters. The SMILES string of the molecule is CCCn1c(-c2ccc(N)c(F)c2)nc2ccc(F)cc21. The number of fused-ring (bicyclic) bond motifs is 1. The molecule has 1 heterocycles. The van der Waals surface area contributed by atoms with Gasteiger partial charge < -0.3 is 10.3 Å². The van der Waals surface area contributed by atoms with Gasteiger partial charge in [-0.1, -0.05) is 6.92 Å². The van der Waals surface area contributed by atoms with E-state index in [2.05, 4.69) is 4.98 Å². The standard InChI is InChI=1S/C16H15F2N3/c1-2-7-21-15-9-11(17)4-6-14(15)20-16(21)10-3-5-13(19)12(18)8-10/h3-6,8-9H,2,7,19H2,1H3. The van der Waals surface area contributed by atoms with Crippen molar-refractivity contribution in [2.45, 2.75) is 19.9 Å². The summed E-state index contributed by atoms with van der Waals surface area (Å²) < 4.78 is 29.1. The molecule has 0 aliphatic heterocycles. The summed E-state index contributed by atoms with van der Waals surface area (Å²) in [6.45, 7) is 2.71. The maximum Gasteiger partial charge on any atom is 0.146 e. The number of hydrogen-bond donors (Lipinski definition) is 1. The van der Waals surface area contributed by atoms with Gasteiger partial charge in [-0.15, -0.1) is 0 Å². The predicted octanol–water partition coefficient (Wildman–Crippen LogP) is 3.97. The molecule has 1 aromatic heterocycles. The first kappa shape index (κ1) is 13.5. The van der Waals surface area contributed by atoms with Crippen LogP contribution in [0.2, 0.25) is 0 Å². The van der Waals surface area contributed by atoms with Gasteiger partial charge >= 0.3 is 0 Å². The second-order valence-electron chi connectivity index (χ2n) is 4.96. The summed E-state index contributed by atoms with van der Waals surface area (Å²) in [7, 11) is 0. The van der Waals surface area contributed by atoms with E-state index in [1.54, 1.807) is 12.1 Å². The monoisotopic (exact) mass is 287 g/mol. The summed E-state index contributed by atoms with van der Waals surface area (Å²) in [6.07, 6.45) is 0.867. The lowest BCUT2D eigenvalue weighted by atomic mass is 10.2. The molecule has 0 spiro atoms. The molecular formula is C16H15F2N3. The Balaban J connectivity index is 2.25. The van der Waals surface area contributed by atoms with E-state index in [4.69, 9.17) is 5.73 Å². The van der Waals surface area contributed by atoms with Crippen LogP contribution in [0, 0.1) is 11.6 Å². The fourth-order valence-electron chi connectivity index (χ4n) is 2.43. The number of benzene rings is 2. The first-order valence-corrected chi connectivity index (χ1v) is 6.81. The van der Waals surface area contributed by atoms with Crippen LogP contribution in [-0.2, 0) is 6.54 Å². The summed E-state index contributed by atoms with van der Waals surface area (Å²) in [5, 5.41) is 0. The smallest absolute Gasteiger partial charge is 0.146 e. The van der Waals surface area contributed by atoms with Gasteiger partial charge in [0, 0.05) is 12.1 Å². The van der Waals surface area contributed by atoms with Crippen LogP contribution >= 0.6 is 0 Å². The summed E-state index contributed by atoms with van der Waals surface area (Å²) in [5.41, 5.74) is 7.64. The Kier molecular flexibility index (Phi) is 3.33. The molecule has 21 heavy (non-hydrogen) atoms. The van der Waals surface area contributed by atoms with E-state index in [-0.39, 0.29) is 11.5 Å². The van der Waals surface area contributed by atoms with Crippen LogP contribution in [0.1, 0.15) is 13.3 Å². The zero-order valence-corrected chi connectivity index (χ0v) is 11.6. The highest BCUT2D eigenvalue weighted by atomic mass is 19.1. The summed E-state index contributed by atoms with van der Waals surface area (Å²) in [6, 6.07) is 9.06. The molecule has 5 heteroatoms. The van der Waals surface area contributed by atoms with Crippen LogP contribution in [-0.4, -0.2) is 9.55 Å². The minimum atomic E-state index is -0.478. The lowest BCUT2D eigenvalue weighted by Gasteiger charge is -2.08. The Hall–Kier alpha value is -2.43. The minimum absolute atomic E-state index is 0.1000. The van der Waals surface area contributed by atoms with Crippen molar-refractivity contribution in [2.24, 2.45) is 0 Å². The molecule has 3 rings (SSSR count). The molecule has 0 aliphatic rings. The average Bonchev–Trinajstić information content (AvgIpc) is 2.81. The molecule has 3 nitrogen and oxygen atoms in total. The van der Waals surface area contributed by atoms with Crippen LogP contribution in [0.15, 0.2) is 36.4 Å². The highest BCUT2D eigenvalue weighted by Gasteiger charge is 2.14. The van der Waals surface area contributed by atoms with E-state index in [1.165, 1.54) is 24.3 Å². The van der Waals surface area contributed by atoms with Gasteiger partial charge in [-0.05, 0) is 42.8 Å². The molecule has 0 aliphatic carbocycles. The van der Waals surface area contributed by atoms with Crippen molar-refractivity contribution < 1.29 is 8.78 Å². The van der Waals surface area contributed by atoms with E-state index in [1.807, 2.05) is 11.5 Å². The number of nitrogens with two attached hydrogens (primary N) is 1. The van der Waals surface area contributed by atoms with Crippen LogP contribution in [0.4, 0.5) is 14.5 Å². The number of hydrogen-bond acceptors (Lipinski definition) is 2. The van der Waals surface area contributed by atoms with Crippen molar-refractivity contribution in [3.05, 3.63) is 48.0 Å². The van der Waals surface area contributed by atoms with Gasteiger partial charge in [0.2, 0.25) is 0 Å². The lowest BCUT2D eigenvalue weighted by molar-refractivity contribution is 0.626. The number of aromatic nitrogens is 2. The summed E-state index contributed by atoms with van der Waals surface area (Å²) in [4.78, 5) is 4.50. The van der Waals surface area contributed by atoms with Gasteiger partial charge in [-0.3, -0.25) is 0 Å². The van der Waals surface area contributed by atoms with Crippen LogP contribution in [0.3, 0.4) is 0 Å². The van der Waals surface area contributed by atoms with E-state index < -0.39 is 5.82 Å². The molecule has 0 unspecified atom stereocenters. The molecule has 2 N–H and O–H groups in total. The zero-order valence-electron chi connectivity index (χ0n) is 11.6. The minimum Gasteiger partial charge on any atom is -0.396 e. The highest BCUT2D eigenvalue weighted by molar-refractivity contribution is 5.81. The van der Waals surface area contributed by atoms with Crippen molar-refractivity contribution in [1.29, 1.82) is 0 Å². The molecule has 3 aromatic rings. The summed E-state index contributed by atoms with van der Waals surface area (Å²) in [5.74, 6) is -0.167. The Morgan fingerprint density at radius 3 is 2.67 bits per heavy atom. The second-order valence-corrected chi connectivity index (χ2v) is 4.96. The highest BCUT2D eigenvalue weighted by Crippen LogP contribution is 2.27. The Morgan fingerprint density at radius 2 is 1.95 bits per heavy atom. The van der Waals surface area contributed by atoms with Gasteiger partial charge in [-0.2, -0.15) is 0 Å². The van der Waals surface area contributed by atoms with Gasteiger partial charge in [0.05, 0.1) is 16.7 Å². The third-order valence-corrected chi connectivity index (χ3v) is 3.42. The van der Waals surface area contributed by atoms with Crippen molar-refractivity contribution in [2.75, 3.05) is 5.73 Å². The van der Waals surface area contributed by atoms with Crippen LogP contribution in [0.25, 0.3) is 22.4 Å². The van der Waals surface area contributed by atoms with E-state index >= 15 is 0 Å². The summed E-state index contributed by atoms with van der Waals surface area (Å²) >= 11 is 0. The quantitative estimate of drug-likeness (QED) is 0.741. The third kappa shape index (κ3) is 2.35. The number of anilines is 1. The maximum absolute atomic E-state index is 13.7. The Bertz CT molecular complexity index is 809. The van der Waals surface area contributed by atoms with E-state index in [0.29, 0.717) is 29.0 Å². The molecule has 0 saturated carbocycles. The first-order chi connectivity index (χ1) is 10.1. The van der Waals surface area contributed by atoms with Gasteiger partial charge in [0.1, 0.15) is 17.5 Å². The average molecular weight is 287 g/mol. The molecule has 0 bridgehead atoms. The van der Waals surface area contributed by atoms with Crippen molar-refractivity contribution in [1.82, 2.24) is 9.55 Å². The van der Waals surface area contributed by atoms with E-state index in [9.17, 15) is 8.78 Å². The number of aryl methyl sites for hydroxylation is 1. The molecular weight excluding hydrogens is 272 g/mol. The van der Waals surface area contributed by atoms with Crippen LogP contribution < -0.4 is 5.73 Å². The molecule has 108 valence electrons. The van der Waals surface area contributed by atoms with Crippen LogP contribution in [0.5, 0.6) is 0 Å². The third-order valence-electron chi connectivity index (χ3n) is 3.42. The molecule has 2 aromatic carbocycles. The van der Waals surface area contributed by atoms with Gasteiger partial charge in [0.25, 0.3) is 0 Å². The van der Waals surface area contributed by atoms with Crippen molar-refractivity contribution >= 4 is 16.7 Å². The number of nitrogens with zero attached hydrogens (tertiary/aromatic N) is 2. The Labute approximate surface area is 121 Å². The normalized spacial score (nSPS) is 11.2. The topological polar surface area (TPSA) is 43.8 Å². The fourth-order valence-corrected chi connectivity index (χ4v) is 2.43. The molecule has 0 saturated heterocycles. The molecule has 0 fully saturated rings. The molecule has 0 amide bonds. The number of halogens is 2. The first-order valence-electron chi connectivity index (χ1n) is 6.81. The van der Waals surface area contributed by atoms with Crippen molar-refractivity contribution in [3.8, 4) is 11.4 Å². The van der Waals surface area contributed by atoms with E-state index in [0.717, 1.165) is 6.42 Å². The number of imidazole rings is 1. The molecule has 0 radical (unpaired) electrons. The van der Waals surface area contributed by atoms with Crippen molar-refractivity contribution in [3.63, 3.8) is 0 Å². The fraction of sp³-hybridized carbons (Fsp3) is 0.188. The largest absolute Gasteiger partial charge is 0.396 e. The second kappa shape index (κ2) is 5.16. The lowest BCUT2D eigenvalue weighted by Crippen LogP contribution is -2.00.